The lowest BCUT2D eigenvalue weighted by Gasteiger charge is -2.19. The third-order valence-electron chi connectivity index (χ3n) is 4.54. The van der Waals surface area contributed by atoms with E-state index >= 15 is 0 Å². The van der Waals surface area contributed by atoms with Crippen LogP contribution in [0.15, 0.2) is 48.8 Å². The van der Waals surface area contributed by atoms with Gasteiger partial charge in [-0.25, -0.2) is 0 Å². The van der Waals surface area contributed by atoms with Gasteiger partial charge in [0.2, 0.25) is 5.91 Å². The molecule has 0 aliphatic heterocycles. The van der Waals surface area contributed by atoms with Crippen molar-refractivity contribution in [3.05, 3.63) is 65.6 Å². The van der Waals surface area contributed by atoms with Crippen molar-refractivity contribution in [3.8, 4) is 0 Å². The number of aliphatic hydroxyl groups is 1. The molecular formula is C20H24N4O2. The molecule has 4 N–H and O–H groups in total. The van der Waals surface area contributed by atoms with E-state index in [9.17, 15) is 9.90 Å². The number of hydrogen-bond acceptors (Lipinski definition) is 4. The minimum atomic E-state index is -0.724. The maximum absolute atomic E-state index is 12.3. The van der Waals surface area contributed by atoms with Crippen LogP contribution in [-0.2, 0) is 11.2 Å². The normalized spacial score (nSPS) is 13.5. The monoisotopic (exact) mass is 352 g/mol. The van der Waals surface area contributed by atoms with Crippen LogP contribution in [0.5, 0.6) is 0 Å². The van der Waals surface area contributed by atoms with Gasteiger partial charge in [-0.15, -0.1) is 0 Å². The molecule has 0 saturated heterocycles. The molecule has 0 aliphatic rings. The summed E-state index contributed by atoms with van der Waals surface area (Å²) in [5, 5.41) is 17.3. The first-order chi connectivity index (χ1) is 12.6. The first-order valence-electron chi connectivity index (χ1n) is 8.69. The summed E-state index contributed by atoms with van der Waals surface area (Å²) in [6, 6.07) is 11.3. The number of pyridine rings is 1. The minimum absolute atomic E-state index is 0.107. The van der Waals surface area contributed by atoms with Gasteiger partial charge in [0.1, 0.15) is 0 Å². The minimum Gasteiger partial charge on any atom is -0.387 e. The molecule has 2 heterocycles. The Bertz CT molecular complexity index is 873. The van der Waals surface area contributed by atoms with Crippen LogP contribution >= 0.6 is 0 Å². The number of aliphatic hydroxyl groups excluding tert-OH is 1. The van der Waals surface area contributed by atoms with Gasteiger partial charge < -0.3 is 20.7 Å². The number of H-pyrrole nitrogens is 1. The van der Waals surface area contributed by atoms with Gasteiger partial charge >= 0.3 is 0 Å². The Morgan fingerprint density at radius 2 is 2.08 bits per heavy atom. The molecule has 2 atom stereocenters. The van der Waals surface area contributed by atoms with Crippen LogP contribution in [0.1, 0.15) is 22.9 Å². The number of amides is 1. The van der Waals surface area contributed by atoms with Crippen LogP contribution in [0.2, 0.25) is 0 Å². The summed E-state index contributed by atoms with van der Waals surface area (Å²) in [5.74, 6) is -0.107. The lowest BCUT2D eigenvalue weighted by molar-refractivity contribution is -0.122. The Morgan fingerprint density at radius 1 is 1.27 bits per heavy atom. The van der Waals surface area contributed by atoms with E-state index in [1.807, 2.05) is 49.5 Å². The maximum Gasteiger partial charge on any atom is 0.237 e. The molecular weight excluding hydrogens is 328 g/mol. The zero-order chi connectivity index (χ0) is 18.5. The first kappa shape index (κ1) is 18.1. The molecule has 6 heteroatoms. The summed E-state index contributed by atoms with van der Waals surface area (Å²) in [4.78, 5) is 19.7. The van der Waals surface area contributed by atoms with Gasteiger partial charge in [0, 0.05) is 48.1 Å². The second kappa shape index (κ2) is 8.12. The molecule has 0 bridgehead atoms. The fourth-order valence-electron chi connectivity index (χ4n) is 3.00. The predicted octanol–water partition coefficient (Wildman–Crippen LogP) is 1.85. The third-order valence-corrected chi connectivity index (χ3v) is 4.54. The number of rotatable bonds is 7. The quantitative estimate of drug-likeness (QED) is 0.522. The smallest absolute Gasteiger partial charge is 0.237 e. The van der Waals surface area contributed by atoms with Crippen molar-refractivity contribution in [2.24, 2.45) is 0 Å². The molecule has 136 valence electrons. The van der Waals surface area contributed by atoms with Crippen LogP contribution in [0, 0.1) is 6.92 Å². The Hall–Kier alpha value is -2.70. The van der Waals surface area contributed by atoms with Gasteiger partial charge in [-0.2, -0.15) is 0 Å². The lowest BCUT2D eigenvalue weighted by Crippen LogP contribution is -2.45. The van der Waals surface area contributed by atoms with E-state index in [1.54, 1.807) is 13.2 Å². The first-order valence-corrected chi connectivity index (χ1v) is 8.69. The molecule has 0 saturated carbocycles. The number of fused-ring (bicyclic) bond motifs is 1. The van der Waals surface area contributed by atoms with Crippen LogP contribution in [-0.4, -0.2) is 40.6 Å². The van der Waals surface area contributed by atoms with Gasteiger partial charge in [0.05, 0.1) is 12.1 Å². The van der Waals surface area contributed by atoms with Crippen molar-refractivity contribution in [2.45, 2.75) is 25.5 Å². The number of carbonyl (C=O) groups excluding carboxylic acids is 1. The Morgan fingerprint density at radius 3 is 2.81 bits per heavy atom. The van der Waals surface area contributed by atoms with Gasteiger partial charge in [-0.05, 0) is 31.0 Å². The largest absolute Gasteiger partial charge is 0.387 e. The third kappa shape index (κ3) is 4.09. The Balaban J connectivity index is 1.70. The van der Waals surface area contributed by atoms with Gasteiger partial charge in [0.25, 0.3) is 0 Å². The second-order valence-corrected chi connectivity index (χ2v) is 6.39. The van der Waals surface area contributed by atoms with Crippen molar-refractivity contribution in [1.82, 2.24) is 20.6 Å². The summed E-state index contributed by atoms with van der Waals surface area (Å²) in [6.07, 6.45) is 3.40. The Kier molecular flexibility index (Phi) is 5.65. The lowest BCUT2D eigenvalue weighted by atomic mass is 10.0. The van der Waals surface area contributed by atoms with Crippen LogP contribution in [0.4, 0.5) is 0 Å². The zero-order valence-corrected chi connectivity index (χ0v) is 15.0. The molecule has 3 aromatic rings. The summed E-state index contributed by atoms with van der Waals surface area (Å²) in [5.41, 5.74) is 3.74. The molecule has 6 nitrogen and oxygen atoms in total. The highest BCUT2D eigenvalue weighted by Gasteiger charge is 2.20. The number of aryl methyl sites for hydroxylation is 1. The SMILES string of the molecule is CNC(=O)[C@H](Cc1c[nH]c2ccccc12)NCC(O)c1ccc(C)nc1. The zero-order valence-electron chi connectivity index (χ0n) is 15.0. The molecule has 1 amide bonds. The van der Waals surface area contributed by atoms with E-state index < -0.39 is 12.1 Å². The summed E-state index contributed by atoms with van der Waals surface area (Å²) < 4.78 is 0. The number of nitrogens with one attached hydrogen (secondary N) is 3. The molecule has 0 spiro atoms. The van der Waals surface area contributed by atoms with Crippen LogP contribution in [0.25, 0.3) is 10.9 Å². The van der Waals surface area contributed by atoms with Crippen LogP contribution in [0.3, 0.4) is 0 Å². The fraction of sp³-hybridized carbons (Fsp3) is 0.300. The fourth-order valence-corrected chi connectivity index (χ4v) is 3.00. The molecule has 3 rings (SSSR count). The number of benzene rings is 1. The van der Waals surface area contributed by atoms with Crippen molar-refractivity contribution >= 4 is 16.8 Å². The summed E-state index contributed by atoms with van der Waals surface area (Å²) in [6.45, 7) is 2.17. The number of hydrogen-bond donors (Lipinski definition) is 4. The average molecular weight is 352 g/mol. The topological polar surface area (TPSA) is 90.0 Å². The van der Waals surface area contributed by atoms with Crippen molar-refractivity contribution in [1.29, 1.82) is 0 Å². The summed E-state index contributed by atoms with van der Waals surface area (Å²) >= 11 is 0. The summed E-state index contributed by atoms with van der Waals surface area (Å²) in [7, 11) is 1.62. The van der Waals surface area contributed by atoms with E-state index in [-0.39, 0.29) is 12.5 Å². The van der Waals surface area contributed by atoms with Crippen LogP contribution < -0.4 is 10.6 Å². The van der Waals surface area contributed by atoms with E-state index in [1.165, 1.54) is 0 Å². The van der Waals surface area contributed by atoms with Gasteiger partial charge in [-0.3, -0.25) is 9.78 Å². The van der Waals surface area contributed by atoms with E-state index in [2.05, 4.69) is 20.6 Å². The van der Waals surface area contributed by atoms with E-state index in [4.69, 9.17) is 0 Å². The number of likely N-dealkylation sites (N-methyl/N-ethyl adjacent to an activating group) is 1. The Labute approximate surface area is 152 Å². The molecule has 0 radical (unpaired) electrons. The molecule has 26 heavy (non-hydrogen) atoms. The highest BCUT2D eigenvalue weighted by Crippen LogP contribution is 2.19. The van der Waals surface area contributed by atoms with Crippen molar-refractivity contribution in [2.75, 3.05) is 13.6 Å². The van der Waals surface area contributed by atoms with E-state index in [0.717, 1.165) is 27.7 Å². The molecule has 0 aliphatic carbocycles. The predicted molar refractivity (Wildman–Crippen MR) is 102 cm³/mol. The molecule has 1 aromatic carbocycles. The average Bonchev–Trinajstić information content (AvgIpc) is 3.07. The maximum atomic E-state index is 12.3. The molecule has 1 unspecified atom stereocenters. The van der Waals surface area contributed by atoms with Crippen molar-refractivity contribution in [3.63, 3.8) is 0 Å². The highest BCUT2D eigenvalue weighted by molar-refractivity contribution is 5.86. The van der Waals surface area contributed by atoms with Gasteiger partial charge in [0.15, 0.2) is 0 Å². The highest BCUT2D eigenvalue weighted by atomic mass is 16.3. The number of carbonyl (C=O) groups is 1. The number of para-hydroxylation sites is 1. The second-order valence-electron chi connectivity index (χ2n) is 6.39. The molecule has 0 fully saturated rings. The number of aromatic amines is 1. The standard InChI is InChI=1S/C20H24N4O2/c1-13-7-8-14(10-22-13)19(25)12-24-18(20(26)21-2)9-15-11-23-17-6-4-3-5-16(15)17/h3-8,10-11,18-19,23-25H,9,12H2,1-2H3,(H,21,26)/t18-,19?/m0/s1. The number of aromatic nitrogens is 2. The number of nitrogens with zero attached hydrogens (tertiary/aromatic N) is 1. The van der Waals surface area contributed by atoms with E-state index in [0.29, 0.717) is 6.42 Å². The van der Waals surface area contributed by atoms with Crippen molar-refractivity contribution < 1.29 is 9.90 Å². The molecule has 2 aromatic heterocycles. The van der Waals surface area contributed by atoms with Gasteiger partial charge in [-0.1, -0.05) is 24.3 Å².